The Hall–Kier alpha value is -0.530. The Kier molecular flexibility index (Phi) is 3.57. The maximum atomic E-state index is 10.5. The van der Waals surface area contributed by atoms with E-state index in [1.165, 1.54) is 0 Å². The molecule has 3 heteroatoms. The Morgan fingerprint density at radius 1 is 1.33 bits per heavy atom. The third-order valence-electron chi connectivity index (χ3n) is 1.63. The fraction of sp³-hybridized carbons (Fsp3) is 0.222. The van der Waals surface area contributed by atoms with Gasteiger partial charge in [-0.25, -0.2) is 0 Å². The molecule has 64 valence electrons. The number of rotatable bonds is 3. The maximum Gasteiger partial charge on any atom is 0.128 e. The quantitative estimate of drug-likeness (QED) is 0.545. The number of carbonyl (C=O) groups is 1. The lowest BCUT2D eigenvalue weighted by Gasteiger charge is -2.05. The van der Waals surface area contributed by atoms with Gasteiger partial charge in [-0.15, -0.1) is 11.6 Å². The van der Waals surface area contributed by atoms with Crippen molar-refractivity contribution in [1.82, 2.24) is 0 Å². The van der Waals surface area contributed by atoms with E-state index in [0.717, 1.165) is 11.8 Å². The van der Waals surface area contributed by atoms with E-state index in [2.05, 4.69) is 0 Å². The largest absolute Gasteiger partial charge is 0.303 e. The summed E-state index contributed by atoms with van der Waals surface area (Å²) < 4.78 is 0. The summed E-state index contributed by atoms with van der Waals surface area (Å²) in [5.41, 5.74) is 0.907. The Morgan fingerprint density at radius 3 is 2.33 bits per heavy atom. The molecule has 1 unspecified atom stereocenters. The molecule has 0 spiro atoms. The van der Waals surface area contributed by atoms with Crippen LogP contribution in [0.2, 0.25) is 5.02 Å². The van der Waals surface area contributed by atoms with E-state index in [9.17, 15) is 4.79 Å². The number of alkyl halides is 1. The van der Waals surface area contributed by atoms with Gasteiger partial charge in [-0.3, -0.25) is 0 Å². The zero-order valence-electron chi connectivity index (χ0n) is 6.34. The predicted molar refractivity (Wildman–Crippen MR) is 51.0 cm³/mol. The smallest absolute Gasteiger partial charge is 0.128 e. The van der Waals surface area contributed by atoms with Crippen LogP contribution in [0.5, 0.6) is 0 Å². The predicted octanol–water partition coefficient (Wildman–Crippen LogP) is 2.86. The fourth-order valence-electron chi connectivity index (χ4n) is 0.914. The first-order valence-corrected chi connectivity index (χ1v) is 4.46. The molecule has 0 bridgehead atoms. The van der Waals surface area contributed by atoms with Crippen molar-refractivity contribution in [3.8, 4) is 0 Å². The van der Waals surface area contributed by atoms with Crippen molar-refractivity contribution in [2.75, 3.05) is 5.88 Å². The van der Waals surface area contributed by atoms with Gasteiger partial charge >= 0.3 is 0 Å². The second-order valence-corrected chi connectivity index (χ2v) is 3.19. The van der Waals surface area contributed by atoms with Gasteiger partial charge in [0.05, 0.1) is 5.92 Å². The Morgan fingerprint density at radius 2 is 1.92 bits per heavy atom. The number of aldehydes is 1. The van der Waals surface area contributed by atoms with Gasteiger partial charge in [0.2, 0.25) is 0 Å². The number of benzene rings is 1. The topological polar surface area (TPSA) is 17.1 Å². The van der Waals surface area contributed by atoms with Crippen molar-refractivity contribution in [3.05, 3.63) is 34.9 Å². The van der Waals surface area contributed by atoms with Crippen molar-refractivity contribution in [3.63, 3.8) is 0 Å². The average molecular weight is 203 g/mol. The van der Waals surface area contributed by atoms with Crippen LogP contribution in [-0.4, -0.2) is 12.2 Å². The molecule has 1 aromatic carbocycles. The highest BCUT2D eigenvalue weighted by Gasteiger charge is 2.07. The number of hydrogen-bond donors (Lipinski definition) is 0. The van der Waals surface area contributed by atoms with Crippen LogP contribution in [0.1, 0.15) is 11.5 Å². The molecule has 0 N–H and O–H groups in total. The molecule has 1 rings (SSSR count). The molecular formula is C9H8Cl2O. The first-order valence-electron chi connectivity index (χ1n) is 3.54. The summed E-state index contributed by atoms with van der Waals surface area (Å²) in [4.78, 5) is 10.5. The lowest BCUT2D eigenvalue weighted by Crippen LogP contribution is -2.00. The maximum absolute atomic E-state index is 10.5. The van der Waals surface area contributed by atoms with Crippen molar-refractivity contribution in [1.29, 1.82) is 0 Å². The zero-order valence-corrected chi connectivity index (χ0v) is 7.85. The van der Waals surface area contributed by atoms with Gasteiger partial charge in [-0.2, -0.15) is 0 Å². The summed E-state index contributed by atoms with van der Waals surface area (Å²) >= 11 is 11.3. The third kappa shape index (κ3) is 2.23. The summed E-state index contributed by atoms with van der Waals surface area (Å²) in [6.45, 7) is 0. The van der Waals surface area contributed by atoms with E-state index in [4.69, 9.17) is 23.2 Å². The van der Waals surface area contributed by atoms with Crippen LogP contribution in [0.25, 0.3) is 0 Å². The van der Waals surface area contributed by atoms with E-state index in [-0.39, 0.29) is 5.92 Å². The zero-order chi connectivity index (χ0) is 8.97. The van der Waals surface area contributed by atoms with Gasteiger partial charge in [-0.1, -0.05) is 23.7 Å². The molecule has 0 saturated heterocycles. The molecule has 1 atom stereocenters. The first-order chi connectivity index (χ1) is 5.77. The molecule has 0 aliphatic heterocycles. The van der Waals surface area contributed by atoms with Crippen molar-refractivity contribution >= 4 is 29.5 Å². The monoisotopic (exact) mass is 202 g/mol. The SMILES string of the molecule is O=CC(CCl)c1ccc(Cl)cc1. The normalized spacial score (nSPS) is 12.5. The highest BCUT2D eigenvalue weighted by atomic mass is 35.5. The first kappa shape index (κ1) is 9.56. The van der Waals surface area contributed by atoms with Crippen LogP contribution in [0.3, 0.4) is 0 Å². The third-order valence-corrected chi connectivity index (χ3v) is 2.21. The number of carbonyl (C=O) groups excluding carboxylic acids is 1. The molecule has 0 heterocycles. The second kappa shape index (κ2) is 4.48. The average Bonchev–Trinajstić information content (AvgIpc) is 2.10. The fourth-order valence-corrected chi connectivity index (χ4v) is 1.29. The summed E-state index contributed by atoms with van der Waals surface area (Å²) in [5, 5.41) is 0.665. The van der Waals surface area contributed by atoms with Crippen molar-refractivity contribution in [2.24, 2.45) is 0 Å². The van der Waals surface area contributed by atoms with Crippen LogP contribution in [0, 0.1) is 0 Å². The van der Waals surface area contributed by atoms with E-state index in [1.54, 1.807) is 12.1 Å². The molecule has 0 fully saturated rings. The minimum absolute atomic E-state index is 0.219. The summed E-state index contributed by atoms with van der Waals surface area (Å²) in [6.07, 6.45) is 0.843. The van der Waals surface area contributed by atoms with Gasteiger partial charge in [0.15, 0.2) is 0 Å². The molecule has 0 saturated carbocycles. The molecule has 1 aromatic rings. The Labute approximate surface area is 81.3 Å². The summed E-state index contributed by atoms with van der Waals surface area (Å²) in [5.74, 6) is 0.0921. The molecule has 0 radical (unpaired) electrons. The highest BCUT2D eigenvalue weighted by molar-refractivity contribution is 6.30. The van der Waals surface area contributed by atoms with E-state index in [0.29, 0.717) is 10.9 Å². The highest BCUT2D eigenvalue weighted by Crippen LogP contribution is 2.17. The minimum atomic E-state index is -0.219. The van der Waals surface area contributed by atoms with Gasteiger partial charge in [0.25, 0.3) is 0 Å². The van der Waals surface area contributed by atoms with Crippen LogP contribution >= 0.6 is 23.2 Å². The lowest BCUT2D eigenvalue weighted by molar-refractivity contribution is -0.108. The molecule has 0 aliphatic carbocycles. The minimum Gasteiger partial charge on any atom is -0.303 e. The molecule has 0 aromatic heterocycles. The molecule has 0 amide bonds. The van der Waals surface area contributed by atoms with Crippen LogP contribution in [0.15, 0.2) is 24.3 Å². The lowest BCUT2D eigenvalue weighted by atomic mass is 10.0. The van der Waals surface area contributed by atoms with Gasteiger partial charge in [0.1, 0.15) is 6.29 Å². The molecule has 1 nitrogen and oxygen atoms in total. The van der Waals surface area contributed by atoms with Crippen LogP contribution in [0.4, 0.5) is 0 Å². The Balaban J connectivity index is 2.87. The summed E-state index contributed by atoms with van der Waals surface area (Å²) in [7, 11) is 0. The van der Waals surface area contributed by atoms with Crippen molar-refractivity contribution < 1.29 is 4.79 Å². The molecular weight excluding hydrogens is 195 g/mol. The van der Waals surface area contributed by atoms with Gasteiger partial charge < -0.3 is 4.79 Å². The van der Waals surface area contributed by atoms with Gasteiger partial charge in [-0.05, 0) is 17.7 Å². The van der Waals surface area contributed by atoms with Crippen LogP contribution < -0.4 is 0 Å². The van der Waals surface area contributed by atoms with E-state index >= 15 is 0 Å². The Bertz CT molecular complexity index is 256. The molecule has 12 heavy (non-hydrogen) atoms. The van der Waals surface area contributed by atoms with Gasteiger partial charge in [0, 0.05) is 10.9 Å². The van der Waals surface area contributed by atoms with Crippen LogP contribution in [-0.2, 0) is 4.79 Å². The molecule has 0 aliphatic rings. The summed E-state index contributed by atoms with van der Waals surface area (Å²) in [6, 6.07) is 7.12. The van der Waals surface area contributed by atoms with E-state index in [1.807, 2.05) is 12.1 Å². The standard InChI is InChI=1S/C9H8Cl2O/c10-5-8(6-12)7-1-3-9(11)4-2-7/h1-4,6,8H,5H2. The second-order valence-electron chi connectivity index (χ2n) is 2.45. The number of hydrogen-bond acceptors (Lipinski definition) is 1. The van der Waals surface area contributed by atoms with Crippen molar-refractivity contribution in [2.45, 2.75) is 5.92 Å². The van der Waals surface area contributed by atoms with E-state index < -0.39 is 0 Å². The number of halogens is 2.